The smallest absolute Gasteiger partial charge is 0.261 e. The number of nitrogens with one attached hydrogen (secondary N) is 1. The van der Waals surface area contributed by atoms with Crippen LogP contribution >= 0.6 is 0 Å². The monoisotopic (exact) mass is 382 g/mol. The number of hydrogen-bond acceptors (Lipinski definition) is 3. The lowest BCUT2D eigenvalue weighted by Gasteiger charge is -2.22. The first kappa shape index (κ1) is 19.5. The lowest BCUT2D eigenvalue weighted by Crippen LogP contribution is -2.39. The van der Waals surface area contributed by atoms with Gasteiger partial charge in [0.1, 0.15) is 5.82 Å². The highest BCUT2D eigenvalue weighted by Crippen LogP contribution is 2.21. The zero-order valence-corrected chi connectivity index (χ0v) is 16.0. The van der Waals surface area contributed by atoms with Crippen LogP contribution in [0.4, 0.5) is 4.39 Å². The summed E-state index contributed by atoms with van der Waals surface area (Å²) in [7, 11) is 1.86. The second-order valence-corrected chi connectivity index (χ2v) is 6.53. The van der Waals surface area contributed by atoms with E-state index in [0.29, 0.717) is 30.2 Å². The number of nitrogens with zero attached hydrogens (tertiary/aromatic N) is 3. The second kappa shape index (κ2) is 8.65. The molecule has 0 fully saturated rings. The molecular weight excluding hydrogens is 359 g/mol. The van der Waals surface area contributed by atoms with Crippen molar-refractivity contribution >= 4 is 17.8 Å². The third-order valence-electron chi connectivity index (χ3n) is 4.47. The fraction of sp³-hybridized carbons (Fsp3) is 0.286. The number of imide groups is 1. The highest BCUT2D eigenvalue weighted by Gasteiger charge is 2.34. The molecule has 0 radical (unpaired) electrons. The first-order valence-corrected chi connectivity index (χ1v) is 9.20. The standard InChI is InChI=1S/C21H23FN4O2/c1-3-23-21(25(2)14-15-7-6-8-16(22)13-15)24-11-12-26-19(27)17-9-4-5-10-18(17)20(26)28/h4-10,13H,3,11-12,14H2,1-2H3,(H,23,24). The summed E-state index contributed by atoms with van der Waals surface area (Å²) in [5.74, 6) is -0.218. The number of halogens is 1. The number of rotatable bonds is 6. The van der Waals surface area contributed by atoms with Gasteiger partial charge in [-0.1, -0.05) is 24.3 Å². The van der Waals surface area contributed by atoms with Crippen molar-refractivity contribution in [1.29, 1.82) is 0 Å². The van der Waals surface area contributed by atoms with Crippen LogP contribution in [0.1, 0.15) is 33.2 Å². The normalized spacial score (nSPS) is 13.7. The Morgan fingerprint density at radius 1 is 1.11 bits per heavy atom. The van der Waals surface area contributed by atoms with Crippen LogP contribution in [-0.4, -0.2) is 54.3 Å². The third-order valence-corrected chi connectivity index (χ3v) is 4.47. The van der Waals surface area contributed by atoms with E-state index in [9.17, 15) is 14.0 Å². The molecule has 3 rings (SSSR count). The van der Waals surface area contributed by atoms with Gasteiger partial charge in [-0.2, -0.15) is 0 Å². The molecule has 0 spiro atoms. The molecule has 146 valence electrons. The van der Waals surface area contributed by atoms with Gasteiger partial charge in [-0.05, 0) is 36.8 Å². The molecule has 1 aliphatic heterocycles. The van der Waals surface area contributed by atoms with Crippen LogP contribution < -0.4 is 5.32 Å². The van der Waals surface area contributed by atoms with Gasteiger partial charge >= 0.3 is 0 Å². The summed E-state index contributed by atoms with van der Waals surface area (Å²) in [5.41, 5.74) is 1.70. The number of amides is 2. The Hall–Kier alpha value is -3.22. The van der Waals surface area contributed by atoms with E-state index in [0.717, 1.165) is 5.56 Å². The first-order chi connectivity index (χ1) is 13.5. The van der Waals surface area contributed by atoms with Crippen molar-refractivity contribution in [1.82, 2.24) is 15.1 Å². The summed E-state index contributed by atoms with van der Waals surface area (Å²) in [6, 6.07) is 13.2. The number of carbonyl (C=O) groups is 2. The highest BCUT2D eigenvalue weighted by molar-refractivity contribution is 6.21. The van der Waals surface area contributed by atoms with Gasteiger partial charge in [0.15, 0.2) is 5.96 Å². The predicted molar refractivity (Wildman–Crippen MR) is 106 cm³/mol. The highest BCUT2D eigenvalue weighted by atomic mass is 19.1. The fourth-order valence-corrected chi connectivity index (χ4v) is 3.15. The Balaban J connectivity index is 1.65. The molecule has 2 aromatic carbocycles. The van der Waals surface area contributed by atoms with E-state index in [-0.39, 0.29) is 30.7 Å². The van der Waals surface area contributed by atoms with Crippen LogP contribution in [-0.2, 0) is 6.54 Å². The lowest BCUT2D eigenvalue weighted by atomic mass is 10.1. The average Bonchev–Trinajstić information content (AvgIpc) is 2.92. The van der Waals surface area contributed by atoms with Crippen LogP contribution in [0.25, 0.3) is 0 Å². The van der Waals surface area contributed by atoms with E-state index in [2.05, 4.69) is 10.3 Å². The van der Waals surface area contributed by atoms with Gasteiger partial charge in [-0.3, -0.25) is 19.5 Å². The minimum absolute atomic E-state index is 0.203. The van der Waals surface area contributed by atoms with Crippen molar-refractivity contribution in [3.05, 3.63) is 71.0 Å². The van der Waals surface area contributed by atoms with Gasteiger partial charge in [0.2, 0.25) is 0 Å². The molecule has 0 bridgehead atoms. The van der Waals surface area contributed by atoms with Gasteiger partial charge in [0.05, 0.1) is 17.7 Å². The summed E-state index contributed by atoms with van der Waals surface area (Å²) in [6.07, 6.45) is 0. The van der Waals surface area contributed by atoms with Crippen LogP contribution in [0, 0.1) is 5.82 Å². The van der Waals surface area contributed by atoms with Crippen molar-refractivity contribution < 1.29 is 14.0 Å². The number of aliphatic imine (C=N–C) groups is 1. The summed E-state index contributed by atoms with van der Waals surface area (Å²) in [4.78, 5) is 32.4. The number of fused-ring (bicyclic) bond motifs is 1. The Morgan fingerprint density at radius 3 is 2.39 bits per heavy atom. The Bertz CT molecular complexity index is 878. The zero-order valence-electron chi connectivity index (χ0n) is 16.0. The van der Waals surface area contributed by atoms with Crippen molar-refractivity contribution in [2.24, 2.45) is 4.99 Å². The molecule has 0 aliphatic carbocycles. The van der Waals surface area contributed by atoms with Gasteiger partial charge < -0.3 is 10.2 Å². The molecule has 1 heterocycles. The number of carbonyl (C=O) groups excluding carboxylic acids is 2. The van der Waals surface area contributed by atoms with Crippen LogP contribution in [0.3, 0.4) is 0 Å². The third kappa shape index (κ3) is 4.19. The molecular formula is C21H23FN4O2. The van der Waals surface area contributed by atoms with E-state index in [1.807, 2.05) is 24.9 Å². The molecule has 28 heavy (non-hydrogen) atoms. The minimum Gasteiger partial charge on any atom is -0.357 e. The Labute approximate surface area is 163 Å². The molecule has 0 unspecified atom stereocenters. The molecule has 0 saturated carbocycles. The van der Waals surface area contributed by atoms with Crippen molar-refractivity contribution in [2.45, 2.75) is 13.5 Å². The van der Waals surface area contributed by atoms with Gasteiger partial charge in [0, 0.05) is 26.7 Å². The average molecular weight is 382 g/mol. The lowest BCUT2D eigenvalue weighted by molar-refractivity contribution is 0.0659. The van der Waals surface area contributed by atoms with E-state index in [1.54, 1.807) is 30.3 Å². The van der Waals surface area contributed by atoms with Crippen molar-refractivity contribution in [3.8, 4) is 0 Å². The summed E-state index contributed by atoms with van der Waals surface area (Å²) in [6.45, 7) is 3.59. The number of guanidine groups is 1. The molecule has 1 N–H and O–H groups in total. The topological polar surface area (TPSA) is 65.0 Å². The molecule has 0 atom stereocenters. The second-order valence-electron chi connectivity index (χ2n) is 6.53. The van der Waals surface area contributed by atoms with Crippen LogP contribution in [0.2, 0.25) is 0 Å². The summed E-state index contributed by atoms with van der Waals surface area (Å²) >= 11 is 0. The first-order valence-electron chi connectivity index (χ1n) is 9.20. The van der Waals surface area contributed by atoms with Crippen LogP contribution in [0.15, 0.2) is 53.5 Å². The molecule has 2 amide bonds. The maximum absolute atomic E-state index is 13.4. The molecule has 1 aliphatic rings. The predicted octanol–water partition coefficient (Wildman–Crippen LogP) is 2.52. The van der Waals surface area contributed by atoms with E-state index >= 15 is 0 Å². The van der Waals surface area contributed by atoms with Crippen molar-refractivity contribution in [3.63, 3.8) is 0 Å². The Kier molecular flexibility index (Phi) is 6.03. The summed E-state index contributed by atoms with van der Waals surface area (Å²) in [5, 5.41) is 3.18. The Morgan fingerprint density at radius 2 is 1.79 bits per heavy atom. The quantitative estimate of drug-likeness (QED) is 0.474. The minimum atomic E-state index is -0.283. The number of hydrogen-bond donors (Lipinski definition) is 1. The largest absolute Gasteiger partial charge is 0.357 e. The van der Waals surface area contributed by atoms with Crippen LogP contribution in [0.5, 0.6) is 0 Å². The van der Waals surface area contributed by atoms with Gasteiger partial charge in [0.25, 0.3) is 11.8 Å². The van der Waals surface area contributed by atoms with E-state index in [1.165, 1.54) is 17.0 Å². The fourth-order valence-electron chi connectivity index (χ4n) is 3.15. The maximum atomic E-state index is 13.4. The molecule has 7 heteroatoms. The van der Waals surface area contributed by atoms with Gasteiger partial charge in [-0.15, -0.1) is 0 Å². The number of benzene rings is 2. The SMILES string of the molecule is CCNC(=NCCN1C(=O)c2ccccc2C1=O)N(C)Cc1cccc(F)c1. The molecule has 0 aromatic heterocycles. The molecule has 6 nitrogen and oxygen atoms in total. The molecule has 0 saturated heterocycles. The maximum Gasteiger partial charge on any atom is 0.261 e. The summed E-state index contributed by atoms with van der Waals surface area (Å²) < 4.78 is 13.4. The van der Waals surface area contributed by atoms with E-state index < -0.39 is 0 Å². The van der Waals surface area contributed by atoms with E-state index in [4.69, 9.17) is 0 Å². The zero-order chi connectivity index (χ0) is 20.1. The van der Waals surface area contributed by atoms with Crippen molar-refractivity contribution in [2.75, 3.05) is 26.7 Å². The molecule has 2 aromatic rings. The van der Waals surface area contributed by atoms with Gasteiger partial charge in [-0.25, -0.2) is 4.39 Å².